The number of hydrogen-bond donors (Lipinski definition) is 0. The molecule has 1 radical (unpaired) electrons. The first-order chi connectivity index (χ1) is 7.70. The van der Waals surface area contributed by atoms with E-state index >= 15 is 0 Å². The molecule has 0 aliphatic heterocycles. The second kappa shape index (κ2) is 6.81. The fourth-order valence-corrected chi connectivity index (χ4v) is 1.20. The average molecular weight is 212 g/mol. The van der Waals surface area contributed by atoms with E-state index < -0.39 is 0 Å². The summed E-state index contributed by atoms with van der Waals surface area (Å²) >= 11 is 0. The van der Waals surface area contributed by atoms with Crippen molar-refractivity contribution in [2.75, 3.05) is 21.1 Å². The van der Waals surface area contributed by atoms with Gasteiger partial charge in [0.15, 0.2) is 0 Å². The molecule has 0 amide bonds. The molecule has 16 heavy (non-hydrogen) atoms. The standard InChI is InChI=1S/C12H9.C3H9N/c1-3-7-11(8-4-1)12-9-5-2-6-10-12;1-4(2)3/h1-5,7-10H;1-3H3. The molecule has 1 nitrogen and oxygen atoms in total. The van der Waals surface area contributed by atoms with Gasteiger partial charge >= 0.3 is 0 Å². The number of benzene rings is 2. The molecule has 0 aromatic heterocycles. The van der Waals surface area contributed by atoms with Gasteiger partial charge in [-0.25, -0.2) is 0 Å². The van der Waals surface area contributed by atoms with E-state index in [1.807, 2.05) is 62.4 Å². The van der Waals surface area contributed by atoms with Crippen LogP contribution < -0.4 is 0 Å². The minimum Gasteiger partial charge on any atom is -0.312 e. The zero-order valence-electron chi connectivity index (χ0n) is 10.1. The molecule has 0 N–H and O–H groups in total. The molecule has 0 spiro atoms. The molecule has 83 valence electrons. The van der Waals surface area contributed by atoms with E-state index in [9.17, 15) is 0 Å². The summed E-state index contributed by atoms with van der Waals surface area (Å²) in [7, 11) is 6.00. The zero-order chi connectivity index (χ0) is 11.8. The number of rotatable bonds is 1. The largest absolute Gasteiger partial charge is 0.312 e. The number of hydrogen-bond acceptors (Lipinski definition) is 1. The van der Waals surface area contributed by atoms with Crippen LogP contribution in [0.5, 0.6) is 0 Å². The van der Waals surface area contributed by atoms with Gasteiger partial charge in [0.2, 0.25) is 0 Å². The highest BCUT2D eigenvalue weighted by Gasteiger charge is 1.91. The summed E-state index contributed by atoms with van der Waals surface area (Å²) < 4.78 is 0. The Kier molecular flexibility index (Phi) is 5.30. The lowest BCUT2D eigenvalue weighted by molar-refractivity contribution is 0.505. The predicted octanol–water partition coefficient (Wildman–Crippen LogP) is 3.33. The van der Waals surface area contributed by atoms with E-state index in [1.165, 1.54) is 11.1 Å². The van der Waals surface area contributed by atoms with E-state index in [2.05, 4.69) is 24.3 Å². The quantitative estimate of drug-likeness (QED) is 0.701. The van der Waals surface area contributed by atoms with E-state index in [0.717, 1.165) is 0 Å². The van der Waals surface area contributed by atoms with Crippen molar-refractivity contribution in [1.82, 2.24) is 4.90 Å². The molecule has 2 aromatic rings. The van der Waals surface area contributed by atoms with Crippen molar-refractivity contribution in [2.24, 2.45) is 0 Å². The molecule has 0 atom stereocenters. The van der Waals surface area contributed by atoms with Gasteiger partial charge in [0, 0.05) is 0 Å². The molecule has 0 heterocycles. The summed E-state index contributed by atoms with van der Waals surface area (Å²) in [5.41, 5.74) is 2.47. The molecule has 2 aromatic carbocycles. The molecule has 0 saturated heterocycles. The smallest absolute Gasteiger partial charge is 0.0140 e. The Morgan fingerprint density at radius 2 is 1.38 bits per heavy atom. The van der Waals surface area contributed by atoms with Gasteiger partial charge in [0.25, 0.3) is 0 Å². The van der Waals surface area contributed by atoms with Crippen LogP contribution in [0.15, 0.2) is 54.6 Å². The Morgan fingerprint density at radius 3 is 1.88 bits per heavy atom. The maximum atomic E-state index is 3.06. The van der Waals surface area contributed by atoms with E-state index in [-0.39, 0.29) is 0 Å². The topological polar surface area (TPSA) is 3.24 Å². The van der Waals surface area contributed by atoms with Gasteiger partial charge < -0.3 is 4.90 Å². The van der Waals surface area contributed by atoms with Gasteiger partial charge in [-0.3, -0.25) is 0 Å². The first-order valence-electron chi connectivity index (χ1n) is 5.32. The molecule has 0 unspecified atom stereocenters. The highest BCUT2D eigenvalue weighted by atomic mass is 15.0. The third kappa shape index (κ3) is 4.76. The monoisotopic (exact) mass is 212 g/mol. The lowest BCUT2D eigenvalue weighted by Crippen LogP contribution is -1.99. The first-order valence-corrected chi connectivity index (χ1v) is 5.32. The zero-order valence-corrected chi connectivity index (χ0v) is 10.1. The van der Waals surface area contributed by atoms with Gasteiger partial charge in [0.05, 0.1) is 0 Å². The Morgan fingerprint density at radius 1 is 0.812 bits per heavy atom. The van der Waals surface area contributed by atoms with Gasteiger partial charge in [-0.15, -0.1) is 0 Å². The summed E-state index contributed by atoms with van der Waals surface area (Å²) in [5, 5.41) is 0. The first kappa shape index (κ1) is 12.5. The fourth-order valence-electron chi connectivity index (χ4n) is 1.20. The lowest BCUT2D eigenvalue weighted by atomic mass is 10.1. The average Bonchev–Trinajstić information content (AvgIpc) is 2.31. The van der Waals surface area contributed by atoms with Crippen molar-refractivity contribution in [3.63, 3.8) is 0 Å². The van der Waals surface area contributed by atoms with Crippen LogP contribution in [0, 0.1) is 6.07 Å². The van der Waals surface area contributed by atoms with E-state index in [4.69, 9.17) is 0 Å². The van der Waals surface area contributed by atoms with Crippen molar-refractivity contribution in [3.05, 3.63) is 60.7 Å². The Balaban J connectivity index is 0.000000280. The second-order valence-corrected chi connectivity index (χ2v) is 4.00. The normalized spacial score (nSPS) is 9.50. The van der Waals surface area contributed by atoms with Crippen molar-refractivity contribution >= 4 is 0 Å². The molecular formula is C15H18N. The maximum Gasteiger partial charge on any atom is -0.0140 e. The van der Waals surface area contributed by atoms with Crippen LogP contribution in [0.3, 0.4) is 0 Å². The molecule has 0 aliphatic carbocycles. The molecule has 0 saturated carbocycles. The highest BCUT2D eigenvalue weighted by Crippen LogP contribution is 2.16. The SMILES string of the molecule is CN(C)C.[c]1cccc(-c2ccccc2)c1. The van der Waals surface area contributed by atoms with Crippen molar-refractivity contribution in [2.45, 2.75) is 0 Å². The van der Waals surface area contributed by atoms with Crippen LogP contribution >= 0.6 is 0 Å². The minimum absolute atomic E-state index is 1.22. The molecule has 0 aliphatic rings. The van der Waals surface area contributed by atoms with Crippen molar-refractivity contribution in [1.29, 1.82) is 0 Å². The second-order valence-electron chi connectivity index (χ2n) is 4.00. The van der Waals surface area contributed by atoms with Gasteiger partial charge in [-0.1, -0.05) is 48.5 Å². The molecule has 2 rings (SSSR count). The molecule has 1 heteroatoms. The minimum atomic E-state index is 1.22. The van der Waals surface area contributed by atoms with Crippen LogP contribution in [0.2, 0.25) is 0 Å². The molecular weight excluding hydrogens is 194 g/mol. The summed E-state index contributed by atoms with van der Waals surface area (Å²) in [5.74, 6) is 0. The maximum absolute atomic E-state index is 3.06. The van der Waals surface area contributed by atoms with Crippen molar-refractivity contribution in [3.8, 4) is 11.1 Å². The predicted molar refractivity (Wildman–Crippen MR) is 70.3 cm³/mol. The van der Waals surface area contributed by atoms with E-state index in [1.54, 1.807) is 0 Å². The fraction of sp³-hybridized carbons (Fsp3) is 0.200. The Labute approximate surface area is 98.3 Å². The number of nitrogens with zero attached hydrogens (tertiary/aromatic N) is 1. The van der Waals surface area contributed by atoms with Crippen LogP contribution in [-0.2, 0) is 0 Å². The van der Waals surface area contributed by atoms with Crippen LogP contribution in [0.4, 0.5) is 0 Å². The van der Waals surface area contributed by atoms with Gasteiger partial charge in [-0.2, -0.15) is 0 Å². The van der Waals surface area contributed by atoms with Crippen LogP contribution in [0.25, 0.3) is 11.1 Å². The van der Waals surface area contributed by atoms with E-state index in [0.29, 0.717) is 0 Å². The summed E-state index contributed by atoms with van der Waals surface area (Å²) in [4.78, 5) is 2.00. The summed E-state index contributed by atoms with van der Waals surface area (Å²) in [6, 6.07) is 21.4. The Hall–Kier alpha value is -1.60. The molecule has 0 fully saturated rings. The molecule has 0 bridgehead atoms. The van der Waals surface area contributed by atoms with Crippen LogP contribution in [-0.4, -0.2) is 26.0 Å². The lowest BCUT2D eigenvalue weighted by Gasteiger charge is -1.98. The Bertz CT molecular complexity index is 338. The van der Waals surface area contributed by atoms with Gasteiger partial charge in [0.1, 0.15) is 0 Å². The van der Waals surface area contributed by atoms with Crippen molar-refractivity contribution < 1.29 is 0 Å². The highest BCUT2D eigenvalue weighted by molar-refractivity contribution is 5.62. The van der Waals surface area contributed by atoms with Gasteiger partial charge in [-0.05, 0) is 44.4 Å². The third-order valence-corrected chi connectivity index (χ3v) is 1.81. The third-order valence-electron chi connectivity index (χ3n) is 1.81. The summed E-state index contributed by atoms with van der Waals surface area (Å²) in [6.07, 6.45) is 0. The summed E-state index contributed by atoms with van der Waals surface area (Å²) in [6.45, 7) is 0. The van der Waals surface area contributed by atoms with Crippen LogP contribution in [0.1, 0.15) is 0 Å².